The summed E-state index contributed by atoms with van der Waals surface area (Å²) in [7, 11) is 0. The van der Waals surface area contributed by atoms with Crippen molar-refractivity contribution in [1.29, 1.82) is 0 Å². The molecule has 2 unspecified atom stereocenters. The van der Waals surface area contributed by atoms with Gasteiger partial charge in [0.15, 0.2) is 0 Å². The van der Waals surface area contributed by atoms with Gasteiger partial charge in [-0.25, -0.2) is 0 Å². The molecule has 0 bridgehead atoms. The lowest BCUT2D eigenvalue weighted by Gasteiger charge is -2.34. The molecule has 0 amide bonds. The Hall–Kier alpha value is -1.63. The lowest BCUT2D eigenvalue weighted by atomic mass is 9.92. The van der Waals surface area contributed by atoms with E-state index in [1.54, 1.807) is 23.9 Å². The van der Waals surface area contributed by atoms with Crippen LogP contribution in [0.2, 0.25) is 0 Å². The van der Waals surface area contributed by atoms with Gasteiger partial charge in [0, 0.05) is 29.1 Å². The van der Waals surface area contributed by atoms with E-state index < -0.39 is 6.61 Å². The maximum absolute atomic E-state index is 12.7. The first kappa shape index (κ1) is 19.1. The Kier molecular flexibility index (Phi) is 6.88. The Morgan fingerprint density at radius 3 is 2.77 bits per heavy atom. The van der Waals surface area contributed by atoms with E-state index in [4.69, 9.17) is 4.74 Å². The van der Waals surface area contributed by atoms with E-state index in [1.165, 1.54) is 5.56 Å². The van der Waals surface area contributed by atoms with Crippen molar-refractivity contribution in [1.82, 2.24) is 10.6 Å². The van der Waals surface area contributed by atoms with Crippen molar-refractivity contribution in [2.45, 2.75) is 43.0 Å². The summed E-state index contributed by atoms with van der Waals surface area (Å²) in [5.74, 6) is 0.241. The molecule has 1 aliphatic heterocycles. The highest BCUT2D eigenvalue weighted by atomic mass is 32.2. The second-order valence-electron chi connectivity index (χ2n) is 6.32. The van der Waals surface area contributed by atoms with E-state index in [2.05, 4.69) is 22.8 Å². The van der Waals surface area contributed by atoms with Crippen molar-refractivity contribution in [3.05, 3.63) is 59.7 Å². The Labute approximate surface area is 157 Å². The molecule has 0 radical (unpaired) electrons. The largest absolute Gasteiger partial charge is 0.434 e. The molecular weight excluding hydrogens is 354 g/mol. The van der Waals surface area contributed by atoms with Gasteiger partial charge in [-0.1, -0.05) is 30.3 Å². The zero-order chi connectivity index (χ0) is 18.4. The molecule has 0 spiro atoms. The van der Waals surface area contributed by atoms with E-state index in [-0.39, 0.29) is 17.8 Å². The molecular formula is C20H24F2N2OS. The van der Waals surface area contributed by atoms with Crippen LogP contribution in [0.1, 0.15) is 30.0 Å². The number of hydrogen-bond acceptors (Lipinski definition) is 4. The first-order chi connectivity index (χ1) is 12.7. The van der Waals surface area contributed by atoms with E-state index in [0.717, 1.165) is 29.8 Å². The van der Waals surface area contributed by atoms with Gasteiger partial charge in [0.2, 0.25) is 0 Å². The summed E-state index contributed by atoms with van der Waals surface area (Å²) in [6, 6.07) is 16.1. The van der Waals surface area contributed by atoms with E-state index in [1.807, 2.05) is 30.5 Å². The molecule has 1 aliphatic rings. The van der Waals surface area contributed by atoms with Gasteiger partial charge in [0.05, 0.1) is 0 Å². The fourth-order valence-corrected chi connectivity index (χ4v) is 3.86. The average Bonchev–Trinajstić information content (AvgIpc) is 2.67. The number of nitrogens with one attached hydrogen (secondary N) is 2. The highest BCUT2D eigenvalue weighted by Gasteiger charge is 2.26. The third-order valence-corrected chi connectivity index (χ3v) is 5.38. The van der Waals surface area contributed by atoms with E-state index >= 15 is 0 Å². The molecule has 2 N–H and O–H groups in total. The van der Waals surface area contributed by atoms with Crippen LogP contribution in [0.3, 0.4) is 0 Å². The molecule has 1 heterocycles. The molecule has 6 heteroatoms. The first-order valence-electron chi connectivity index (χ1n) is 8.81. The van der Waals surface area contributed by atoms with Crippen LogP contribution in [-0.4, -0.2) is 25.5 Å². The SMILES string of the molecule is CSc1ccc(OC(F)F)c(CNC2CCCNC2c2ccccc2)c1. The van der Waals surface area contributed by atoms with Gasteiger partial charge in [0.1, 0.15) is 5.75 Å². The van der Waals surface area contributed by atoms with Gasteiger partial charge < -0.3 is 15.4 Å². The summed E-state index contributed by atoms with van der Waals surface area (Å²) < 4.78 is 30.1. The number of rotatable bonds is 7. The molecule has 0 saturated carbocycles. The fraction of sp³-hybridized carbons (Fsp3) is 0.400. The van der Waals surface area contributed by atoms with Crippen LogP contribution in [0.4, 0.5) is 8.78 Å². The monoisotopic (exact) mass is 378 g/mol. The number of thioether (sulfide) groups is 1. The van der Waals surface area contributed by atoms with Crippen LogP contribution in [0.25, 0.3) is 0 Å². The van der Waals surface area contributed by atoms with Crippen LogP contribution in [0.15, 0.2) is 53.4 Å². The Balaban J connectivity index is 1.74. The maximum Gasteiger partial charge on any atom is 0.387 e. The third-order valence-electron chi connectivity index (χ3n) is 4.66. The Morgan fingerprint density at radius 2 is 2.04 bits per heavy atom. The number of halogens is 2. The third kappa shape index (κ3) is 4.96. The summed E-state index contributed by atoms with van der Waals surface area (Å²) in [6.07, 6.45) is 4.10. The zero-order valence-corrected chi connectivity index (χ0v) is 15.6. The summed E-state index contributed by atoms with van der Waals surface area (Å²) >= 11 is 1.59. The number of piperidine rings is 1. The molecule has 0 aromatic heterocycles. The highest BCUT2D eigenvalue weighted by Crippen LogP contribution is 2.28. The lowest BCUT2D eigenvalue weighted by molar-refractivity contribution is -0.0505. The predicted molar refractivity (Wildman–Crippen MR) is 102 cm³/mol. The molecule has 2 atom stereocenters. The summed E-state index contributed by atoms with van der Waals surface area (Å²) in [5.41, 5.74) is 2.00. The fourth-order valence-electron chi connectivity index (χ4n) is 3.39. The maximum atomic E-state index is 12.7. The average molecular weight is 378 g/mol. The first-order valence-corrected chi connectivity index (χ1v) is 10.0. The number of ether oxygens (including phenoxy) is 1. The van der Waals surface area contributed by atoms with Crippen LogP contribution >= 0.6 is 11.8 Å². The second-order valence-corrected chi connectivity index (χ2v) is 7.20. The topological polar surface area (TPSA) is 33.3 Å². The molecule has 26 heavy (non-hydrogen) atoms. The molecule has 1 saturated heterocycles. The van der Waals surface area contributed by atoms with E-state index in [9.17, 15) is 8.78 Å². The molecule has 140 valence electrons. The number of hydrogen-bond donors (Lipinski definition) is 2. The van der Waals surface area contributed by atoms with Crippen molar-refractivity contribution >= 4 is 11.8 Å². The van der Waals surface area contributed by atoms with Gasteiger partial charge in [-0.2, -0.15) is 8.78 Å². The van der Waals surface area contributed by atoms with Gasteiger partial charge in [-0.05, 0) is 49.4 Å². The molecule has 0 aliphatic carbocycles. The Bertz CT molecular complexity index is 699. The van der Waals surface area contributed by atoms with Crippen LogP contribution in [-0.2, 0) is 6.54 Å². The van der Waals surface area contributed by atoms with Gasteiger partial charge >= 0.3 is 6.61 Å². The summed E-state index contributed by atoms with van der Waals surface area (Å²) in [6.45, 7) is -1.34. The molecule has 2 aromatic rings. The van der Waals surface area contributed by atoms with Crippen molar-refractivity contribution in [2.75, 3.05) is 12.8 Å². The molecule has 1 fully saturated rings. The van der Waals surface area contributed by atoms with Crippen molar-refractivity contribution in [2.24, 2.45) is 0 Å². The summed E-state index contributed by atoms with van der Waals surface area (Å²) in [4.78, 5) is 1.03. The number of alkyl halides is 2. The lowest BCUT2D eigenvalue weighted by Crippen LogP contribution is -2.45. The van der Waals surface area contributed by atoms with Crippen LogP contribution in [0, 0.1) is 0 Å². The predicted octanol–water partition coefficient (Wildman–Crippen LogP) is 4.59. The minimum Gasteiger partial charge on any atom is -0.434 e. The highest BCUT2D eigenvalue weighted by molar-refractivity contribution is 7.98. The van der Waals surface area contributed by atoms with Crippen molar-refractivity contribution in [3.63, 3.8) is 0 Å². The minimum absolute atomic E-state index is 0.216. The quantitative estimate of drug-likeness (QED) is 0.691. The zero-order valence-electron chi connectivity index (χ0n) is 14.8. The normalized spacial score (nSPS) is 20.3. The second kappa shape index (κ2) is 9.35. The minimum atomic E-state index is -2.82. The molecule has 2 aromatic carbocycles. The van der Waals surface area contributed by atoms with Gasteiger partial charge in [-0.15, -0.1) is 11.8 Å². The Morgan fingerprint density at radius 1 is 1.23 bits per heavy atom. The number of benzene rings is 2. The van der Waals surface area contributed by atoms with Gasteiger partial charge in [0.25, 0.3) is 0 Å². The molecule has 3 nitrogen and oxygen atoms in total. The van der Waals surface area contributed by atoms with Gasteiger partial charge in [-0.3, -0.25) is 0 Å². The standard InChI is InChI=1S/C20H24F2N2OS/c1-26-16-9-10-18(25-20(21)22)15(12-16)13-24-17-8-5-11-23-19(17)14-6-3-2-4-7-14/h2-4,6-7,9-10,12,17,19-20,23-24H,5,8,11,13H2,1H3. The smallest absolute Gasteiger partial charge is 0.387 e. The van der Waals surface area contributed by atoms with Crippen LogP contribution in [0.5, 0.6) is 5.75 Å². The van der Waals surface area contributed by atoms with Crippen molar-refractivity contribution in [3.8, 4) is 5.75 Å². The van der Waals surface area contributed by atoms with Crippen molar-refractivity contribution < 1.29 is 13.5 Å². The molecule has 3 rings (SSSR count). The van der Waals surface area contributed by atoms with Crippen LogP contribution < -0.4 is 15.4 Å². The summed E-state index contributed by atoms with van der Waals surface area (Å²) in [5, 5.41) is 7.13. The van der Waals surface area contributed by atoms with E-state index in [0.29, 0.717) is 6.54 Å².